The van der Waals surface area contributed by atoms with Gasteiger partial charge in [0, 0.05) is 5.56 Å². The summed E-state index contributed by atoms with van der Waals surface area (Å²) >= 11 is 1.15. The molecule has 0 unspecified atom stereocenters. The molecule has 0 fully saturated rings. The van der Waals surface area contributed by atoms with Crippen molar-refractivity contribution in [3.05, 3.63) is 90.0 Å². The molecule has 0 bridgehead atoms. The van der Waals surface area contributed by atoms with Crippen molar-refractivity contribution in [1.29, 1.82) is 0 Å². The van der Waals surface area contributed by atoms with Crippen LogP contribution >= 0.6 is 11.3 Å². The lowest BCUT2D eigenvalue weighted by Crippen LogP contribution is -2.32. The van der Waals surface area contributed by atoms with Gasteiger partial charge < -0.3 is 9.47 Å². The topological polar surface area (TPSA) is 132 Å². The third-order valence-electron chi connectivity index (χ3n) is 5.20. The van der Waals surface area contributed by atoms with E-state index in [9.17, 15) is 14.4 Å². The quantitative estimate of drug-likeness (QED) is 0.0740. The molecule has 2 N–H and O–H groups in total. The summed E-state index contributed by atoms with van der Waals surface area (Å²) in [6.07, 6.45) is 3.36. The predicted octanol–water partition coefficient (Wildman–Crippen LogP) is 4.69. The molecule has 0 spiro atoms. The van der Waals surface area contributed by atoms with E-state index < -0.39 is 17.8 Å². The van der Waals surface area contributed by atoms with Gasteiger partial charge in [0.2, 0.25) is 5.13 Å². The number of aromatic nitrogens is 2. The second kappa shape index (κ2) is 13.6. The monoisotopic (exact) mass is 543 g/mol. The van der Waals surface area contributed by atoms with Crippen LogP contribution in [0.4, 0.5) is 5.13 Å². The Morgan fingerprint density at radius 3 is 2.33 bits per heavy atom. The Bertz CT molecular complexity index is 1440. The summed E-state index contributed by atoms with van der Waals surface area (Å²) in [6, 6.07) is 22.6. The number of carbonyl (C=O) groups excluding carboxylic acids is 3. The Morgan fingerprint density at radius 1 is 0.897 bits per heavy atom. The number of rotatable bonds is 10. The first-order chi connectivity index (χ1) is 19.0. The third-order valence-corrected chi connectivity index (χ3v) is 6.09. The zero-order valence-electron chi connectivity index (χ0n) is 21.0. The van der Waals surface area contributed by atoms with Crippen molar-refractivity contribution in [1.82, 2.24) is 15.6 Å². The molecule has 3 aromatic carbocycles. The fourth-order valence-corrected chi connectivity index (χ4v) is 3.89. The van der Waals surface area contributed by atoms with Gasteiger partial charge in [-0.2, -0.15) is 5.10 Å². The van der Waals surface area contributed by atoms with Crippen LogP contribution in [0.1, 0.15) is 35.7 Å². The molecule has 198 valence electrons. The van der Waals surface area contributed by atoms with Crippen LogP contribution in [0.3, 0.4) is 0 Å². The molecule has 11 heteroatoms. The summed E-state index contributed by atoms with van der Waals surface area (Å²) < 4.78 is 11.0. The molecule has 0 saturated heterocycles. The SMILES string of the molecule is CCCCOc1ccc(C(=O)Oc2ccc(/C=N\NC(=O)C(=O)Nc3nnc(-c4ccccc4)s3)cc2)cc1. The Balaban J connectivity index is 1.23. The first-order valence-corrected chi connectivity index (χ1v) is 12.9. The highest BCUT2D eigenvalue weighted by molar-refractivity contribution is 7.18. The predicted molar refractivity (Wildman–Crippen MR) is 148 cm³/mol. The first-order valence-electron chi connectivity index (χ1n) is 12.1. The zero-order chi connectivity index (χ0) is 27.5. The molecule has 2 amide bonds. The average Bonchev–Trinajstić information content (AvgIpc) is 3.43. The highest BCUT2D eigenvalue weighted by atomic mass is 32.1. The van der Waals surface area contributed by atoms with E-state index in [1.807, 2.05) is 30.3 Å². The Morgan fingerprint density at radius 2 is 1.62 bits per heavy atom. The number of anilines is 1. The minimum atomic E-state index is -0.963. The molecule has 0 atom stereocenters. The summed E-state index contributed by atoms with van der Waals surface area (Å²) in [6.45, 7) is 2.72. The van der Waals surface area contributed by atoms with Crippen LogP contribution in [-0.4, -0.2) is 40.8 Å². The second-order valence-corrected chi connectivity index (χ2v) is 9.09. The fraction of sp³-hybridized carbons (Fsp3) is 0.143. The highest BCUT2D eigenvalue weighted by Crippen LogP contribution is 2.25. The number of carbonyl (C=O) groups is 3. The molecule has 39 heavy (non-hydrogen) atoms. The number of benzene rings is 3. The number of ether oxygens (including phenoxy) is 2. The average molecular weight is 544 g/mol. The van der Waals surface area contributed by atoms with Gasteiger partial charge in [0.25, 0.3) is 0 Å². The van der Waals surface area contributed by atoms with Crippen LogP contribution < -0.4 is 20.2 Å². The van der Waals surface area contributed by atoms with Gasteiger partial charge in [-0.3, -0.25) is 14.9 Å². The maximum Gasteiger partial charge on any atom is 0.343 e. The second-order valence-electron chi connectivity index (χ2n) is 8.12. The van der Waals surface area contributed by atoms with Crippen LogP contribution in [0, 0.1) is 0 Å². The molecule has 0 saturated carbocycles. The number of esters is 1. The Kier molecular flexibility index (Phi) is 9.46. The largest absolute Gasteiger partial charge is 0.494 e. The van der Waals surface area contributed by atoms with E-state index in [-0.39, 0.29) is 5.13 Å². The van der Waals surface area contributed by atoms with E-state index in [1.54, 1.807) is 48.5 Å². The van der Waals surface area contributed by atoms with E-state index in [0.29, 0.717) is 34.2 Å². The molecule has 4 aromatic rings. The first kappa shape index (κ1) is 27.1. The summed E-state index contributed by atoms with van der Waals surface area (Å²) in [4.78, 5) is 36.6. The van der Waals surface area contributed by atoms with E-state index >= 15 is 0 Å². The molecule has 0 radical (unpaired) electrons. The van der Waals surface area contributed by atoms with E-state index in [0.717, 1.165) is 29.7 Å². The number of nitrogens with zero attached hydrogens (tertiary/aromatic N) is 3. The van der Waals surface area contributed by atoms with Gasteiger partial charge in [-0.15, -0.1) is 10.2 Å². The normalized spacial score (nSPS) is 10.7. The lowest BCUT2D eigenvalue weighted by atomic mass is 10.2. The molecule has 0 aliphatic rings. The lowest BCUT2D eigenvalue weighted by molar-refractivity contribution is -0.136. The number of amides is 2. The van der Waals surface area contributed by atoms with Crippen molar-refractivity contribution in [3.8, 4) is 22.1 Å². The van der Waals surface area contributed by atoms with Crippen molar-refractivity contribution in [2.24, 2.45) is 5.10 Å². The van der Waals surface area contributed by atoms with Gasteiger partial charge in [-0.1, -0.05) is 55.0 Å². The number of hydrogen-bond acceptors (Lipinski definition) is 9. The van der Waals surface area contributed by atoms with Crippen molar-refractivity contribution < 1.29 is 23.9 Å². The maximum absolute atomic E-state index is 12.4. The van der Waals surface area contributed by atoms with E-state index in [4.69, 9.17) is 9.47 Å². The summed E-state index contributed by atoms with van der Waals surface area (Å²) in [7, 11) is 0. The van der Waals surface area contributed by atoms with Crippen LogP contribution in [0.2, 0.25) is 0 Å². The molecule has 1 aromatic heterocycles. The summed E-state index contributed by atoms with van der Waals surface area (Å²) in [5, 5.41) is 14.9. The van der Waals surface area contributed by atoms with Crippen LogP contribution in [0.5, 0.6) is 11.5 Å². The summed E-state index contributed by atoms with van der Waals surface area (Å²) in [5.74, 6) is -1.34. The van der Waals surface area contributed by atoms with Gasteiger partial charge >= 0.3 is 17.8 Å². The lowest BCUT2D eigenvalue weighted by Gasteiger charge is -2.07. The minimum absolute atomic E-state index is 0.194. The van der Waals surface area contributed by atoms with Gasteiger partial charge in [0.15, 0.2) is 0 Å². The van der Waals surface area contributed by atoms with Crippen molar-refractivity contribution in [3.63, 3.8) is 0 Å². The fourth-order valence-electron chi connectivity index (χ4n) is 3.15. The molecule has 4 rings (SSSR count). The van der Waals surface area contributed by atoms with Crippen LogP contribution in [0.25, 0.3) is 10.6 Å². The molecular weight excluding hydrogens is 518 g/mol. The molecular formula is C28H25N5O5S. The summed E-state index contributed by atoms with van der Waals surface area (Å²) in [5.41, 5.74) is 4.02. The van der Waals surface area contributed by atoms with Gasteiger partial charge in [0.05, 0.1) is 18.4 Å². The van der Waals surface area contributed by atoms with Crippen molar-refractivity contribution in [2.75, 3.05) is 11.9 Å². The number of unbranched alkanes of at least 4 members (excludes halogenated alkanes) is 1. The number of nitrogens with one attached hydrogen (secondary N) is 2. The smallest absolute Gasteiger partial charge is 0.343 e. The van der Waals surface area contributed by atoms with Gasteiger partial charge in [-0.05, 0) is 60.5 Å². The molecule has 0 aliphatic carbocycles. The van der Waals surface area contributed by atoms with Gasteiger partial charge in [0.1, 0.15) is 16.5 Å². The third kappa shape index (κ3) is 8.04. The Labute approximate surface area is 228 Å². The van der Waals surface area contributed by atoms with Crippen molar-refractivity contribution in [2.45, 2.75) is 19.8 Å². The highest BCUT2D eigenvalue weighted by Gasteiger charge is 2.16. The van der Waals surface area contributed by atoms with E-state index in [1.165, 1.54) is 6.21 Å². The zero-order valence-corrected chi connectivity index (χ0v) is 21.8. The van der Waals surface area contributed by atoms with Crippen LogP contribution in [-0.2, 0) is 9.59 Å². The molecule has 10 nitrogen and oxygen atoms in total. The number of hydrazone groups is 1. The van der Waals surface area contributed by atoms with Crippen molar-refractivity contribution >= 4 is 40.5 Å². The standard InChI is InChI=1S/C28H25N5O5S/c1-2-3-17-37-22-15-11-21(12-16-22)27(36)38-23-13-9-19(10-14-23)18-29-31-25(35)24(34)30-28-33-32-26(39-28)20-7-5-4-6-8-20/h4-16,18H,2-3,17H2,1H3,(H,31,35)(H,30,33,34)/b29-18-. The molecule has 1 heterocycles. The minimum Gasteiger partial charge on any atom is -0.494 e. The van der Waals surface area contributed by atoms with Crippen LogP contribution in [0.15, 0.2) is 84.0 Å². The molecule has 0 aliphatic heterocycles. The number of hydrogen-bond donors (Lipinski definition) is 2. The maximum atomic E-state index is 12.4. The van der Waals surface area contributed by atoms with Gasteiger partial charge in [-0.25, -0.2) is 10.2 Å². The Hall–Kier alpha value is -4.90. The van der Waals surface area contributed by atoms with E-state index in [2.05, 4.69) is 33.0 Å².